The smallest absolute Gasteiger partial charge is 0.338 e. The van der Waals surface area contributed by atoms with Crippen LogP contribution in [0.1, 0.15) is 34.6 Å². The van der Waals surface area contributed by atoms with Gasteiger partial charge in [0, 0.05) is 26.6 Å². The number of ether oxygens (including phenoxy) is 1. The highest BCUT2D eigenvalue weighted by molar-refractivity contribution is 6.36. The van der Waals surface area contributed by atoms with Crippen LogP contribution in [0.4, 0.5) is 0 Å². The number of esters is 1. The van der Waals surface area contributed by atoms with Crippen LogP contribution in [-0.4, -0.2) is 18.4 Å². The molecule has 0 aliphatic heterocycles. The number of Topliss-reactive ketones (excluding diaryl/α,β-unsaturated/α-hetero) is 1. The van der Waals surface area contributed by atoms with Gasteiger partial charge in [-0.05, 0) is 60.2 Å². The third-order valence-corrected chi connectivity index (χ3v) is 6.01. The zero-order valence-electron chi connectivity index (χ0n) is 17.6. The van der Waals surface area contributed by atoms with Crippen LogP contribution in [0.25, 0.3) is 33.0 Å². The molecule has 0 spiro atoms. The van der Waals surface area contributed by atoms with Crippen LogP contribution in [0.15, 0.2) is 72.8 Å². The summed E-state index contributed by atoms with van der Waals surface area (Å²) in [5, 5.41) is 2.86. The van der Waals surface area contributed by atoms with Gasteiger partial charge in [-0.2, -0.15) is 0 Å². The second-order valence-corrected chi connectivity index (χ2v) is 8.15. The van der Waals surface area contributed by atoms with Crippen molar-refractivity contribution in [2.45, 2.75) is 13.8 Å². The molecular formula is C27H20Cl2O3. The number of benzene rings is 4. The average molecular weight is 463 g/mol. The van der Waals surface area contributed by atoms with Crippen molar-refractivity contribution in [2.24, 2.45) is 0 Å². The fourth-order valence-electron chi connectivity index (χ4n) is 3.90. The number of fused-ring (bicyclic) bond motifs is 1. The number of hydrogen-bond acceptors (Lipinski definition) is 3. The molecule has 4 rings (SSSR count). The van der Waals surface area contributed by atoms with E-state index in [9.17, 15) is 9.59 Å². The second-order valence-electron chi connectivity index (χ2n) is 7.34. The first kappa shape index (κ1) is 22.1. The molecule has 4 aromatic rings. The van der Waals surface area contributed by atoms with Gasteiger partial charge in [-0.1, -0.05) is 71.7 Å². The van der Waals surface area contributed by atoms with Crippen molar-refractivity contribution in [3.05, 3.63) is 94.0 Å². The first-order valence-electron chi connectivity index (χ1n) is 10.2. The molecule has 0 unspecified atom stereocenters. The Kier molecular flexibility index (Phi) is 6.31. The molecule has 5 heteroatoms. The molecule has 0 N–H and O–H groups in total. The van der Waals surface area contributed by atoms with Crippen LogP contribution in [0, 0.1) is 0 Å². The summed E-state index contributed by atoms with van der Waals surface area (Å²) in [6, 6.07) is 22.1. The molecule has 0 radical (unpaired) electrons. The lowest BCUT2D eigenvalue weighted by molar-refractivity contribution is 0.0527. The Labute approximate surface area is 196 Å². The fraction of sp³-hybridized carbons (Fsp3) is 0.111. The van der Waals surface area contributed by atoms with Crippen LogP contribution >= 0.6 is 23.2 Å². The molecular weight excluding hydrogens is 443 g/mol. The predicted molar refractivity (Wildman–Crippen MR) is 131 cm³/mol. The molecule has 32 heavy (non-hydrogen) atoms. The highest BCUT2D eigenvalue weighted by Gasteiger charge is 2.22. The minimum Gasteiger partial charge on any atom is -0.462 e. The monoisotopic (exact) mass is 462 g/mol. The van der Waals surface area contributed by atoms with Gasteiger partial charge in [0.05, 0.1) is 12.2 Å². The van der Waals surface area contributed by atoms with E-state index in [4.69, 9.17) is 27.9 Å². The molecule has 0 bridgehead atoms. The SMILES string of the molecule is CCOC(=O)c1cc(-c2cccc3c(Cl)cccc23)c(C(C)=O)cc1-c1ccccc1Cl. The molecule has 4 aromatic carbocycles. The quantitative estimate of drug-likeness (QED) is 0.224. The van der Waals surface area contributed by atoms with E-state index in [2.05, 4.69) is 0 Å². The van der Waals surface area contributed by atoms with E-state index in [0.29, 0.717) is 37.9 Å². The largest absolute Gasteiger partial charge is 0.462 e. The first-order chi connectivity index (χ1) is 15.4. The maximum Gasteiger partial charge on any atom is 0.338 e. The van der Waals surface area contributed by atoms with Gasteiger partial charge in [0.25, 0.3) is 0 Å². The Bertz CT molecular complexity index is 1360. The molecule has 0 aromatic heterocycles. The first-order valence-corrected chi connectivity index (χ1v) is 11.0. The number of rotatable bonds is 5. The number of carbonyl (C=O) groups excluding carboxylic acids is 2. The zero-order chi connectivity index (χ0) is 22.8. The van der Waals surface area contributed by atoms with Gasteiger partial charge < -0.3 is 4.74 Å². The summed E-state index contributed by atoms with van der Waals surface area (Å²) in [5.41, 5.74) is 3.50. The van der Waals surface area contributed by atoms with E-state index >= 15 is 0 Å². The zero-order valence-corrected chi connectivity index (χ0v) is 19.1. The molecule has 0 amide bonds. The van der Waals surface area contributed by atoms with Crippen molar-refractivity contribution in [1.29, 1.82) is 0 Å². The second kappa shape index (κ2) is 9.15. The third kappa shape index (κ3) is 4.02. The van der Waals surface area contributed by atoms with E-state index in [0.717, 1.165) is 16.3 Å². The molecule has 0 aliphatic carbocycles. The Hall–Kier alpha value is -3.14. The van der Waals surface area contributed by atoms with Crippen molar-refractivity contribution in [2.75, 3.05) is 6.61 Å². The number of halogens is 2. The van der Waals surface area contributed by atoms with E-state index in [1.165, 1.54) is 6.92 Å². The summed E-state index contributed by atoms with van der Waals surface area (Å²) in [7, 11) is 0. The van der Waals surface area contributed by atoms with Gasteiger partial charge >= 0.3 is 5.97 Å². The van der Waals surface area contributed by atoms with Gasteiger partial charge in [-0.15, -0.1) is 0 Å². The van der Waals surface area contributed by atoms with Crippen LogP contribution in [0.2, 0.25) is 10.0 Å². The summed E-state index contributed by atoms with van der Waals surface area (Å²) in [4.78, 5) is 25.7. The maximum absolute atomic E-state index is 13.0. The van der Waals surface area contributed by atoms with Crippen molar-refractivity contribution >= 4 is 45.7 Å². The Morgan fingerprint density at radius 1 is 0.719 bits per heavy atom. The minimum absolute atomic E-state index is 0.122. The molecule has 0 aliphatic rings. The summed E-state index contributed by atoms with van der Waals surface area (Å²) in [6.07, 6.45) is 0. The van der Waals surface area contributed by atoms with Gasteiger partial charge in [0.1, 0.15) is 0 Å². The van der Waals surface area contributed by atoms with Crippen molar-refractivity contribution in [3.63, 3.8) is 0 Å². The summed E-state index contributed by atoms with van der Waals surface area (Å²) in [6.45, 7) is 3.50. The number of ketones is 1. The van der Waals surface area contributed by atoms with Crippen molar-refractivity contribution < 1.29 is 14.3 Å². The van der Waals surface area contributed by atoms with E-state index in [1.54, 1.807) is 25.1 Å². The van der Waals surface area contributed by atoms with E-state index < -0.39 is 5.97 Å². The third-order valence-electron chi connectivity index (χ3n) is 5.36. The molecule has 0 fully saturated rings. The van der Waals surface area contributed by atoms with Gasteiger partial charge in [-0.25, -0.2) is 4.79 Å². The lowest BCUT2D eigenvalue weighted by Gasteiger charge is -2.17. The van der Waals surface area contributed by atoms with Crippen LogP contribution < -0.4 is 0 Å². The maximum atomic E-state index is 13.0. The lowest BCUT2D eigenvalue weighted by Crippen LogP contribution is -2.09. The highest BCUT2D eigenvalue weighted by atomic mass is 35.5. The molecule has 0 atom stereocenters. The molecule has 0 heterocycles. The van der Waals surface area contributed by atoms with Crippen LogP contribution in [0.5, 0.6) is 0 Å². The van der Waals surface area contributed by atoms with Gasteiger partial charge in [0.2, 0.25) is 0 Å². The molecule has 0 saturated carbocycles. The molecule has 160 valence electrons. The lowest BCUT2D eigenvalue weighted by atomic mass is 9.87. The topological polar surface area (TPSA) is 43.4 Å². The number of hydrogen-bond donors (Lipinski definition) is 0. The van der Waals surface area contributed by atoms with Crippen LogP contribution in [-0.2, 0) is 4.74 Å². The summed E-state index contributed by atoms with van der Waals surface area (Å²) < 4.78 is 5.34. The Balaban J connectivity index is 2.08. The molecule has 3 nitrogen and oxygen atoms in total. The van der Waals surface area contributed by atoms with Crippen molar-refractivity contribution in [3.8, 4) is 22.3 Å². The number of carbonyl (C=O) groups is 2. The fourth-order valence-corrected chi connectivity index (χ4v) is 4.38. The van der Waals surface area contributed by atoms with Crippen LogP contribution in [0.3, 0.4) is 0 Å². The normalized spacial score (nSPS) is 10.9. The Morgan fingerprint density at radius 2 is 1.31 bits per heavy atom. The summed E-state index contributed by atoms with van der Waals surface area (Å²) >= 11 is 12.9. The van der Waals surface area contributed by atoms with E-state index in [1.807, 2.05) is 54.6 Å². The van der Waals surface area contributed by atoms with Crippen molar-refractivity contribution in [1.82, 2.24) is 0 Å². The minimum atomic E-state index is -0.475. The van der Waals surface area contributed by atoms with Gasteiger partial charge in [-0.3, -0.25) is 4.79 Å². The molecule has 0 saturated heterocycles. The average Bonchev–Trinajstić information content (AvgIpc) is 2.79. The predicted octanol–water partition coefficient (Wildman–Crippen LogP) is 7.86. The van der Waals surface area contributed by atoms with Gasteiger partial charge in [0.15, 0.2) is 5.78 Å². The standard InChI is InChI=1S/C27H20Cl2O3/c1-3-32-27(31)24-15-22(18-9-6-11-19-17(18)10-7-13-26(19)29)21(16(2)30)14-23(24)20-8-4-5-12-25(20)28/h4-15H,3H2,1-2H3. The van der Waals surface area contributed by atoms with E-state index in [-0.39, 0.29) is 12.4 Å². The Morgan fingerprint density at radius 3 is 2.03 bits per heavy atom. The highest BCUT2D eigenvalue weighted by Crippen LogP contribution is 2.39. The summed E-state index contributed by atoms with van der Waals surface area (Å²) in [5.74, 6) is -0.597.